The van der Waals surface area contributed by atoms with E-state index in [9.17, 15) is 37.5 Å². The zero-order chi connectivity index (χ0) is 30.2. The normalized spacial score (nSPS) is 21.8. The minimum atomic E-state index is -4.64. The fourth-order valence-electron chi connectivity index (χ4n) is 3.95. The summed E-state index contributed by atoms with van der Waals surface area (Å²) >= 11 is 0. The number of hydrogen-bond acceptors (Lipinski definition) is 10. The first-order chi connectivity index (χ1) is 19.4. The molecular formula is C26H29F3N2O10. The van der Waals surface area contributed by atoms with E-state index < -0.39 is 67.0 Å². The number of carbonyl (C=O) groups excluding carboxylic acids is 4. The van der Waals surface area contributed by atoms with Crippen LogP contribution in [0.25, 0.3) is 6.08 Å². The van der Waals surface area contributed by atoms with E-state index in [1.807, 2.05) is 0 Å². The zero-order valence-electron chi connectivity index (χ0n) is 21.8. The summed E-state index contributed by atoms with van der Waals surface area (Å²) in [6.07, 6.45) is -4.84. The number of rotatable bonds is 11. The predicted octanol–water partition coefficient (Wildman–Crippen LogP) is 0.376. The SMILES string of the molecule is CC(O)C(NC(=O)C1=CC2OCOC2C(OC(=O)c2ccc(C=CC(=O)OCC(F)(F)F)cc2)C1)C(=O)NCCO. The van der Waals surface area contributed by atoms with Gasteiger partial charge in [0.15, 0.2) is 6.61 Å². The molecule has 0 bridgehead atoms. The Hall–Kier alpha value is -3.79. The van der Waals surface area contributed by atoms with Gasteiger partial charge in [-0.2, -0.15) is 13.2 Å². The lowest BCUT2D eigenvalue weighted by molar-refractivity contribution is -0.182. The maximum Gasteiger partial charge on any atom is 0.422 e. The highest BCUT2D eigenvalue weighted by atomic mass is 19.4. The van der Waals surface area contributed by atoms with Crippen LogP contribution in [0.4, 0.5) is 13.2 Å². The van der Waals surface area contributed by atoms with Gasteiger partial charge in [-0.05, 0) is 36.8 Å². The van der Waals surface area contributed by atoms with Crippen molar-refractivity contribution in [1.82, 2.24) is 10.6 Å². The van der Waals surface area contributed by atoms with Crippen LogP contribution in [0.2, 0.25) is 0 Å². The Morgan fingerprint density at radius 1 is 1.17 bits per heavy atom. The summed E-state index contributed by atoms with van der Waals surface area (Å²) in [5, 5.41) is 23.7. The second-order valence-electron chi connectivity index (χ2n) is 9.10. The molecule has 3 rings (SSSR count). The van der Waals surface area contributed by atoms with Crippen molar-refractivity contribution in [2.75, 3.05) is 26.6 Å². The molecule has 1 aliphatic carbocycles. The largest absolute Gasteiger partial charge is 0.456 e. The van der Waals surface area contributed by atoms with Gasteiger partial charge < -0.3 is 39.8 Å². The van der Waals surface area contributed by atoms with Crippen molar-refractivity contribution in [3.63, 3.8) is 0 Å². The molecule has 15 heteroatoms. The third kappa shape index (κ3) is 9.38. The van der Waals surface area contributed by atoms with E-state index in [0.29, 0.717) is 5.56 Å². The third-order valence-electron chi connectivity index (χ3n) is 5.95. The Morgan fingerprint density at radius 2 is 1.88 bits per heavy atom. The van der Waals surface area contributed by atoms with E-state index in [1.165, 1.54) is 43.3 Å². The number of aliphatic hydroxyl groups is 2. The number of ether oxygens (including phenoxy) is 4. The van der Waals surface area contributed by atoms with Gasteiger partial charge >= 0.3 is 18.1 Å². The smallest absolute Gasteiger partial charge is 0.422 e. The summed E-state index contributed by atoms with van der Waals surface area (Å²) in [6.45, 7) is -0.906. The Labute approximate surface area is 232 Å². The Balaban J connectivity index is 1.63. The summed E-state index contributed by atoms with van der Waals surface area (Å²) in [5.41, 5.74) is 0.633. The Bertz CT molecular complexity index is 1170. The molecule has 0 aromatic heterocycles. The van der Waals surface area contributed by atoms with Crippen molar-refractivity contribution in [1.29, 1.82) is 0 Å². The van der Waals surface area contributed by atoms with Crippen molar-refractivity contribution in [2.24, 2.45) is 0 Å². The standard InChI is InChI=1S/C26H29F3N2O10/c1-14(33)21(24(36)30-8-9-32)31-23(35)17-10-18-22(40-13-39-18)19(11-17)41-25(37)16-5-2-15(3-6-16)4-7-20(34)38-12-26(27,28)29/h2-7,10,14,18-19,21-22,32-33H,8-9,11-13H2,1H3,(H,30,36)(H,31,35). The maximum absolute atomic E-state index is 13.0. The molecule has 5 unspecified atom stereocenters. The molecule has 2 aliphatic rings. The van der Waals surface area contributed by atoms with Gasteiger partial charge in [0.05, 0.1) is 18.3 Å². The van der Waals surface area contributed by atoms with Gasteiger partial charge in [0.1, 0.15) is 31.1 Å². The molecule has 1 aromatic carbocycles. The highest BCUT2D eigenvalue weighted by Gasteiger charge is 2.43. The molecule has 224 valence electrons. The van der Waals surface area contributed by atoms with Crippen molar-refractivity contribution in [2.45, 2.75) is 50.0 Å². The van der Waals surface area contributed by atoms with Gasteiger partial charge in [-0.1, -0.05) is 12.1 Å². The van der Waals surface area contributed by atoms with Gasteiger partial charge in [0.2, 0.25) is 11.8 Å². The van der Waals surface area contributed by atoms with Gasteiger partial charge in [-0.3, -0.25) is 9.59 Å². The van der Waals surface area contributed by atoms with Crippen molar-refractivity contribution in [3.05, 3.63) is 53.1 Å². The fraction of sp³-hybridized carbons (Fsp3) is 0.462. The first-order valence-corrected chi connectivity index (χ1v) is 12.4. The van der Waals surface area contributed by atoms with Gasteiger partial charge in [-0.15, -0.1) is 0 Å². The molecule has 0 saturated carbocycles. The lowest BCUT2D eigenvalue weighted by atomic mass is 9.91. The number of nitrogens with one attached hydrogen (secondary N) is 2. The van der Waals surface area contributed by atoms with Crippen molar-refractivity contribution < 1.29 is 61.5 Å². The summed E-state index contributed by atoms with van der Waals surface area (Å²) < 4.78 is 57.1. The molecule has 5 atom stereocenters. The summed E-state index contributed by atoms with van der Waals surface area (Å²) in [6, 6.07) is 4.29. The Kier molecular flexibility index (Phi) is 11.0. The van der Waals surface area contributed by atoms with Crippen LogP contribution in [0, 0.1) is 0 Å². The topological polar surface area (TPSA) is 170 Å². The van der Waals surface area contributed by atoms with Crippen LogP contribution in [0.15, 0.2) is 42.0 Å². The van der Waals surface area contributed by atoms with E-state index >= 15 is 0 Å². The lowest BCUT2D eigenvalue weighted by Crippen LogP contribution is -2.54. The molecule has 1 heterocycles. The van der Waals surface area contributed by atoms with E-state index in [1.54, 1.807) is 0 Å². The molecule has 1 saturated heterocycles. The molecule has 4 N–H and O–H groups in total. The van der Waals surface area contributed by atoms with Crippen LogP contribution in [-0.2, 0) is 33.3 Å². The number of amides is 2. The minimum absolute atomic E-state index is 0.0701. The monoisotopic (exact) mass is 586 g/mol. The van der Waals surface area contributed by atoms with E-state index in [0.717, 1.165) is 6.08 Å². The molecule has 12 nitrogen and oxygen atoms in total. The van der Waals surface area contributed by atoms with E-state index in [2.05, 4.69) is 15.4 Å². The van der Waals surface area contributed by atoms with Gasteiger partial charge in [0, 0.05) is 24.6 Å². The average molecular weight is 587 g/mol. The number of alkyl halides is 3. The second kappa shape index (κ2) is 14.2. The van der Waals surface area contributed by atoms with Gasteiger partial charge in [-0.25, -0.2) is 9.59 Å². The average Bonchev–Trinajstić information content (AvgIpc) is 3.41. The molecule has 1 aromatic rings. The molecular weight excluding hydrogens is 557 g/mol. The summed E-state index contributed by atoms with van der Waals surface area (Å²) in [5.74, 6) is -3.35. The molecule has 0 radical (unpaired) electrons. The summed E-state index contributed by atoms with van der Waals surface area (Å²) in [4.78, 5) is 49.5. The first kappa shape index (κ1) is 31.7. The molecule has 41 heavy (non-hydrogen) atoms. The van der Waals surface area contributed by atoms with Crippen LogP contribution in [0.1, 0.15) is 29.3 Å². The van der Waals surface area contributed by atoms with E-state index in [4.69, 9.17) is 19.3 Å². The number of esters is 2. The lowest BCUT2D eigenvalue weighted by Gasteiger charge is -2.31. The number of halogens is 3. The van der Waals surface area contributed by atoms with Gasteiger partial charge in [0.25, 0.3) is 0 Å². The number of benzene rings is 1. The minimum Gasteiger partial charge on any atom is -0.456 e. The first-order valence-electron chi connectivity index (χ1n) is 12.4. The molecule has 0 spiro atoms. The van der Waals surface area contributed by atoms with E-state index in [-0.39, 0.29) is 37.5 Å². The van der Waals surface area contributed by atoms with Crippen molar-refractivity contribution in [3.8, 4) is 0 Å². The molecule has 1 fully saturated rings. The van der Waals surface area contributed by atoms with Crippen molar-refractivity contribution >= 4 is 29.8 Å². The van der Waals surface area contributed by atoms with Crippen LogP contribution in [-0.4, -0.2) is 97.2 Å². The summed E-state index contributed by atoms with van der Waals surface area (Å²) in [7, 11) is 0. The molecule has 2 amide bonds. The van der Waals surface area contributed by atoms with Crippen LogP contribution >= 0.6 is 0 Å². The maximum atomic E-state index is 13.0. The second-order valence-corrected chi connectivity index (χ2v) is 9.10. The quantitative estimate of drug-likeness (QED) is 0.210. The fourth-order valence-corrected chi connectivity index (χ4v) is 3.95. The highest BCUT2D eigenvalue weighted by Crippen LogP contribution is 2.31. The van der Waals surface area contributed by atoms with Crippen LogP contribution < -0.4 is 10.6 Å². The predicted molar refractivity (Wildman–Crippen MR) is 133 cm³/mol. The zero-order valence-corrected chi connectivity index (χ0v) is 21.8. The van der Waals surface area contributed by atoms with Crippen LogP contribution in [0.5, 0.6) is 0 Å². The number of hydrogen-bond donors (Lipinski definition) is 4. The Morgan fingerprint density at radius 3 is 2.51 bits per heavy atom. The van der Waals surface area contributed by atoms with Crippen LogP contribution in [0.3, 0.4) is 0 Å². The highest BCUT2D eigenvalue weighted by molar-refractivity contribution is 5.97. The molecule has 1 aliphatic heterocycles. The number of fused-ring (bicyclic) bond motifs is 1. The number of aliphatic hydroxyl groups excluding tert-OH is 2. The number of carbonyl (C=O) groups is 4. The third-order valence-corrected chi connectivity index (χ3v) is 5.95.